The molecule has 25 heavy (non-hydrogen) atoms. The minimum Gasteiger partial charge on any atom is -0.357 e. The van der Waals surface area contributed by atoms with Crippen molar-refractivity contribution in [2.75, 3.05) is 24.2 Å². The number of nitrogens with one attached hydrogen (secondary N) is 2. The van der Waals surface area contributed by atoms with Crippen LogP contribution in [0.4, 0.5) is 5.13 Å². The minimum absolute atomic E-state index is 0.122. The van der Waals surface area contributed by atoms with Gasteiger partial charge < -0.3 is 10.6 Å². The van der Waals surface area contributed by atoms with Crippen LogP contribution in [-0.4, -0.2) is 34.9 Å². The predicted molar refractivity (Wildman–Crippen MR) is 103 cm³/mol. The molecule has 5 nitrogen and oxygen atoms in total. The Kier molecular flexibility index (Phi) is 5.04. The summed E-state index contributed by atoms with van der Waals surface area (Å²) in [6, 6.07) is 0. The highest BCUT2D eigenvalue weighted by Gasteiger charge is 2.50. The summed E-state index contributed by atoms with van der Waals surface area (Å²) in [4.78, 5) is 12.3. The van der Waals surface area contributed by atoms with E-state index >= 15 is 0 Å². The van der Waals surface area contributed by atoms with Crippen LogP contribution >= 0.6 is 23.1 Å². The molecule has 7 heteroatoms. The summed E-state index contributed by atoms with van der Waals surface area (Å²) >= 11 is 2.95. The van der Waals surface area contributed by atoms with Gasteiger partial charge in [-0.15, -0.1) is 16.8 Å². The van der Waals surface area contributed by atoms with Crippen LogP contribution in [0.15, 0.2) is 17.0 Å². The van der Waals surface area contributed by atoms with Crippen LogP contribution in [0.2, 0.25) is 0 Å². The molecular formula is C18H26N4OS2. The number of carbonyl (C=O) groups excluding carboxylic acids is 1. The Morgan fingerprint density at radius 1 is 1.24 bits per heavy atom. The first-order chi connectivity index (χ1) is 12.1. The van der Waals surface area contributed by atoms with E-state index in [9.17, 15) is 4.79 Å². The zero-order chi connectivity index (χ0) is 17.3. The number of rotatable bonds is 8. The summed E-state index contributed by atoms with van der Waals surface area (Å²) < 4.78 is 0.830. The van der Waals surface area contributed by atoms with E-state index in [1.54, 1.807) is 6.08 Å². The highest BCUT2D eigenvalue weighted by molar-refractivity contribution is 8.01. The van der Waals surface area contributed by atoms with Crippen molar-refractivity contribution in [1.82, 2.24) is 15.5 Å². The lowest BCUT2D eigenvalue weighted by atomic mass is 9.49. The first kappa shape index (κ1) is 17.3. The number of anilines is 1. The van der Waals surface area contributed by atoms with Crippen molar-refractivity contribution in [1.29, 1.82) is 0 Å². The van der Waals surface area contributed by atoms with Gasteiger partial charge >= 0.3 is 0 Å². The van der Waals surface area contributed by atoms with Gasteiger partial charge in [-0.05, 0) is 61.7 Å². The molecule has 0 saturated heterocycles. The lowest BCUT2D eigenvalue weighted by molar-refractivity contribution is -0.120. The molecule has 0 aliphatic heterocycles. The van der Waals surface area contributed by atoms with Crippen LogP contribution in [0.5, 0.6) is 0 Å². The van der Waals surface area contributed by atoms with Crippen LogP contribution in [0.25, 0.3) is 0 Å². The van der Waals surface area contributed by atoms with Gasteiger partial charge in [0.25, 0.3) is 0 Å². The summed E-state index contributed by atoms with van der Waals surface area (Å²) in [5, 5.41) is 15.3. The highest BCUT2D eigenvalue weighted by atomic mass is 32.2. The average Bonchev–Trinajstić information content (AvgIpc) is 3.03. The van der Waals surface area contributed by atoms with Crippen LogP contribution in [0, 0.1) is 23.2 Å². The topological polar surface area (TPSA) is 66.9 Å². The molecule has 1 heterocycles. The maximum Gasteiger partial charge on any atom is 0.230 e. The van der Waals surface area contributed by atoms with Crippen molar-refractivity contribution in [2.24, 2.45) is 23.2 Å². The van der Waals surface area contributed by atoms with E-state index in [2.05, 4.69) is 27.4 Å². The third kappa shape index (κ3) is 4.03. The summed E-state index contributed by atoms with van der Waals surface area (Å²) in [5.74, 6) is 3.33. The van der Waals surface area contributed by atoms with Gasteiger partial charge in [0.15, 0.2) is 4.34 Å². The van der Waals surface area contributed by atoms with Gasteiger partial charge in [-0.3, -0.25) is 4.79 Å². The molecular weight excluding hydrogens is 352 g/mol. The standard InChI is InChI=1S/C18H26N4OS2/c1-2-3-19-16-21-22-17(25-16)24-10-15(23)20-11-18-7-12-4-13(8-18)6-14(5-12)9-18/h2,12-14H,1,3-11H2,(H,19,21)(H,20,23). The molecule has 0 aromatic carbocycles. The SMILES string of the molecule is C=CCNc1nnc(SCC(=O)NCC23CC4CC(CC(C4)C2)C3)s1. The first-order valence-electron chi connectivity index (χ1n) is 9.22. The molecule has 136 valence electrons. The molecule has 4 aliphatic carbocycles. The maximum atomic E-state index is 12.3. The third-order valence-electron chi connectivity index (χ3n) is 5.96. The summed E-state index contributed by atoms with van der Waals surface area (Å²) in [7, 11) is 0. The van der Waals surface area contributed by atoms with Crippen molar-refractivity contribution >= 4 is 34.1 Å². The number of hydrogen-bond donors (Lipinski definition) is 2. The van der Waals surface area contributed by atoms with Crippen molar-refractivity contribution in [3.05, 3.63) is 12.7 Å². The van der Waals surface area contributed by atoms with Crippen molar-refractivity contribution < 1.29 is 4.79 Å². The monoisotopic (exact) mass is 378 g/mol. The quantitative estimate of drug-likeness (QED) is 0.535. The molecule has 4 fully saturated rings. The minimum atomic E-state index is 0.122. The Morgan fingerprint density at radius 3 is 2.56 bits per heavy atom. The lowest BCUT2D eigenvalue weighted by Gasteiger charge is -2.56. The molecule has 0 spiro atoms. The van der Waals surface area contributed by atoms with Gasteiger partial charge in [0, 0.05) is 13.1 Å². The van der Waals surface area contributed by atoms with E-state index in [0.29, 0.717) is 17.7 Å². The summed E-state index contributed by atoms with van der Waals surface area (Å²) in [6.07, 6.45) is 10.1. The van der Waals surface area contributed by atoms with Gasteiger partial charge in [-0.1, -0.05) is 29.2 Å². The van der Waals surface area contributed by atoms with E-state index < -0.39 is 0 Å². The molecule has 4 aliphatic rings. The second kappa shape index (κ2) is 7.27. The Hall–Kier alpha value is -1.08. The average molecular weight is 379 g/mol. The molecule has 0 unspecified atom stereocenters. The van der Waals surface area contributed by atoms with Crippen molar-refractivity contribution in [2.45, 2.75) is 42.9 Å². The van der Waals surface area contributed by atoms with E-state index in [1.807, 2.05) is 0 Å². The molecule has 0 radical (unpaired) electrons. The molecule has 5 rings (SSSR count). The summed E-state index contributed by atoms with van der Waals surface area (Å²) in [6.45, 7) is 5.21. The smallest absolute Gasteiger partial charge is 0.230 e. The Balaban J connectivity index is 1.23. The number of hydrogen-bond acceptors (Lipinski definition) is 6. The van der Waals surface area contributed by atoms with E-state index in [1.165, 1.54) is 61.6 Å². The van der Waals surface area contributed by atoms with E-state index in [0.717, 1.165) is 33.8 Å². The molecule has 4 saturated carbocycles. The predicted octanol–water partition coefficient (Wildman–Crippen LogP) is 3.56. The van der Waals surface area contributed by atoms with Gasteiger partial charge in [-0.2, -0.15) is 0 Å². The highest BCUT2D eigenvalue weighted by Crippen LogP contribution is 2.59. The van der Waals surface area contributed by atoms with Crippen LogP contribution in [-0.2, 0) is 4.79 Å². The fourth-order valence-corrected chi connectivity index (χ4v) is 7.06. The molecule has 2 N–H and O–H groups in total. The normalized spacial score (nSPS) is 32.6. The number of thioether (sulfide) groups is 1. The maximum absolute atomic E-state index is 12.3. The molecule has 0 atom stereocenters. The van der Waals surface area contributed by atoms with Crippen molar-refractivity contribution in [3.63, 3.8) is 0 Å². The number of nitrogens with zero attached hydrogens (tertiary/aromatic N) is 2. The third-order valence-corrected chi connectivity index (χ3v) is 7.97. The second-order valence-corrected chi connectivity index (χ2v) is 10.2. The first-order valence-corrected chi connectivity index (χ1v) is 11.0. The van der Waals surface area contributed by atoms with Gasteiger partial charge in [0.1, 0.15) is 0 Å². The molecule has 4 bridgehead atoms. The Labute approximate surface area is 157 Å². The molecule has 1 aromatic rings. The van der Waals surface area contributed by atoms with Crippen LogP contribution in [0.1, 0.15) is 38.5 Å². The fraction of sp³-hybridized carbons (Fsp3) is 0.722. The Morgan fingerprint density at radius 2 is 1.92 bits per heavy atom. The molecule has 1 aromatic heterocycles. The largest absolute Gasteiger partial charge is 0.357 e. The van der Waals surface area contributed by atoms with Gasteiger partial charge in [0.05, 0.1) is 5.75 Å². The molecule has 1 amide bonds. The van der Waals surface area contributed by atoms with Gasteiger partial charge in [-0.25, -0.2) is 0 Å². The second-order valence-electron chi connectivity index (χ2n) is 8.03. The van der Waals surface area contributed by atoms with Gasteiger partial charge in [0.2, 0.25) is 11.0 Å². The number of carbonyl (C=O) groups is 1. The van der Waals surface area contributed by atoms with E-state index in [-0.39, 0.29) is 5.91 Å². The van der Waals surface area contributed by atoms with Crippen molar-refractivity contribution in [3.8, 4) is 0 Å². The zero-order valence-electron chi connectivity index (χ0n) is 14.5. The summed E-state index contributed by atoms with van der Waals surface area (Å²) in [5.41, 5.74) is 0.402. The Bertz CT molecular complexity index is 609. The number of aromatic nitrogens is 2. The lowest BCUT2D eigenvalue weighted by Crippen LogP contribution is -2.51. The fourth-order valence-electron chi connectivity index (χ4n) is 5.47. The van der Waals surface area contributed by atoms with E-state index in [4.69, 9.17) is 0 Å². The van der Waals surface area contributed by atoms with Crippen LogP contribution < -0.4 is 10.6 Å². The number of amides is 1. The van der Waals surface area contributed by atoms with Crippen LogP contribution in [0.3, 0.4) is 0 Å². The zero-order valence-corrected chi connectivity index (χ0v) is 16.1.